The molecule has 5 nitrogen and oxygen atoms in total. The van der Waals surface area contributed by atoms with Gasteiger partial charge >= 0.3 is 0 Å². The van der Waals surface area contributed by atoms with Gasteiger partial charge in [0.2, 0.25) is 0 Å². The third kappa shape index (κ3) is 3.75. The quantitative estimate of drug-likeness (QED) is 0.695. The van der Waals surface area contributed by atoms with Gasteiger partial charge in [-0.3, -0.25) is 9.30 Å². The molecule has 0 bridgehead atoms. The van der Waals surface area contributed by atoms with Gasteiger partial charge < -0.3 is 5.11 Å². The van der Waals surface area contributed by atoms with Crippen molar-refractivity contribution in [2.45, 2.75) is 4.90 Å². The van der Waals surface area contributed by atoms with Crippen LogP contribution in [0.2, 0.25) is 0 Å². The van der Waals surface area contributed by atoms with Gasteiger partial charge in [-0.2, -0.15) is 0 Å². The molecule has 0 saturated carbocycles. The van der Waals surface area contributed by atoms with E-state index in [4.69, 9.17) is 0 Å². The second kappa shape index (κ2) is 7.41. The Kier molecular flexibility index (Phi) is 5.04. The molecule has 26 heavy (non-hydrogen) atoms. The van der Waals surface area contributed by atoms with Crippen molar-refractivity contribution in [3.8, 4) is 5.75 Å². The molecule has 0 radical (unpaired) electrons. The summed E-state index contributed by atoms with van der Waals surface area (Å²) in [6, 6.07) is 22.1. The summed E-state index contributed by atoms with van der Waals surface area (Å²) in [5.74, 6) is 0.115. The van der Waals surface area contributed by atoms with Gasteiger partial charge in [0.1, 0.15) is 5.75 Å². The Balaban J connectivity index is 1.90. The number of aliphatic imine (C=N–C) groups is 1. The topological polar surface area (TPSA) is 70.0 Å². The average Bonchev–Trinajstić information content (AvgIpc) is 2.67. The molecule has 3 aromatic rings. The predicted octanol–water partition coefficient (Wildman–Crippen LogP) is 3.97. The van der Waals surface area contributed by atoms with E-state index in [0.29, 0.717) is 16.9 Å². The fourth-order valence-corrected chi connectivity index (χ4v) is 3.64. The van der Waals surface area contributed by atoms with E-state index in [9.17, 15) is 13.5 Å². The first-order valence-corrected chi connectivity index (χ1v) is 9.38. The van der Waals surface area contributed by atoms with E-state index in [1.807, 2.05) is 6.07 Å². The number of aromatic hydroxyl groups is 1. The highest BCUT2D eigenvalue weighted by atomic mass is 32.2. The maximum Gasteiger partial charge on any atom is 0.264 e. The minimum atomic E-state index is -3.70. The number of hydrogen-bond donors (Lipinski definition) is 1. The van der Waals surface area contributed by atoms with Crippen LogP contribution in [-0.4, -0.2) is 26.8 Å². The van der Waals surface area contributed by atoms with Crippen LogP contribution in [0.5, 0.6) is 5.75 Å². The molecule has 0 saturated heterocycles. The minimum absolute atomic E-state index is 0.115. The van der Waals surface area contributed by atoms with Crippen LogP contribution in [0.3, 0.4) is 0 Å². The van der Waals surface area contributed by atoms with Crippen molar-refractivity contribution >= 4 is 27.6 Å². The summed E-state index contributed by atoms with van der Waals surface area (Å²) in [6.07, 6.45) is 1.50. The van der Waals surface area contributed by atoms with Crippen LogP contribution in [0.4, 0.5) is 11.4 Å². The zero-order valence-electron chi connectivity index (χ0n) is 14.1. The second-order valence-corrected chi connectivity index (χ2v) is 7.59. The van der Waals surface area contributed by atoms with E-state index in [1.165, 1.54) is 29.7 Å². The smallest absolute Gasteiger partial charge is 0.264 e. The largest absolute Gasteiger partial charge is 0.507 e. The zero-order valence-corrected chi connectivity index (χ0v) is 15.0. The molecular weight excluding hydrogens is 348 g/mol. The van der Waals surface area contributed by atoms with E-state index in [1.54, 1.807) is 60.7 Å². The molecule has 1 N–H and O–H groups in total. The number of phenolic OH excluding ortho intramolecular Hbond substituents is 1. The highest BCUT2D eigenvalue weighted by Gasteiger charge is 2.21. The van der Waals surface area contributed by atoms with Crippen LogP contribution >= 0.6 is 0 Å². The number of nitrogens with zero attached hydrogens (tertiary/aromatic N) is 2. The lowest BCUT2D eigenvalue weighted by atomic mass is 10.2. The highest BCUT2D eigenvalue weighted by molar-refractivity contribution is 7.92. The highest BCUT2D eigenvalue weighted by Crippen LogP contribution is 2.25. The first-order chi connectivity index (χ1) is 12.5. The van der Waals surface area contributed by atoms with Crippen LogP contribution in [0.25, 0.3) is 0 Å². The van der Waals surface area contributed by atoms with Crippen molar-refractivity contribution in [3.63, 3.8) is 0 Å². The normalized spacial score (nSPS) is 11.6. The molecule has 0 aliphatic rings. The Hall–Kier alpha value is -3.12. The van der Waals surface area contributed by atoms with Gasteiger partial charge in [-0.1, -0.05) is 36.4 Å². The van der Waals surface area contributed by atoms with Gasteiger partial charge in [-0.05, 0) is 42.5 Å². The Morgan fingerprint density at radius 1 is 0.923 bits per heavy atom. The van der Waals surface area contributed by atoms with Gasteiger partial charge in [0.25, 0.3) is 10.0 Å². The van der Waals surface area contributed by atoms with E-state index in [2.05, 4.69) is 4.99 Å². The minimum Gasteiger partial charge on any atom is -0.507 e. The number of sulfonamides is 1. The third-order valence-corrected chi connectivity index (χ3v) is 5.67. The van der Waals surface area contributed by atoms with Crippen LogP contribution in [0.1, 0.15) is 5.56 Å². The molecule has 0 heterocycles. The van der Waals surface area contributed by atoms with Crippen molar-refractivity contribution in [1.29, 1.82) is 0 Å². The maximum atomic E-state index is 12.8. The van der Waals surface area contributed by atoms with E-state index in [-0.39, 0.29) is 10.6 Å². The zero-order chi connectivity index (χ0) is 18.6. The summed E-state index contributed by atoms with van der Waals surface area (Å²) in [5.41, 5.74) is 1.62. The molecular formula is C20H18N2O3S. The van der Waals surface area contributed by atoms with Crippen LogP contribution in [-0.2, 0) is 10.0 Å². The first kappa shape index (κ1) is 17.7. The fraction of sp³-hybridized carbons (Fsp3) is 0.0500. The van der Waals surface area contributed by atoms with Crippen LogP contribution in [0.15, 0.2) is 88.8 Å². The van der Waals surface area contributed by atoms with E-state index >= 15 is 0 Å². The molecule has 0 fully saturated rings. The second-order valence-electron chi connectivity index (χ2n) is 5.62. The van der Waals surface area contributed by atoms with Crippen molar-refractivity contribution in [2.24, 2.45) is 4.99 Å². The molecule has 0 unspecified atom stereocenters. The van der Waals surface area contributed by atoms with Crippen molar-refractivity contribution in [3.05, 3.63) is 84.4 Å². The van der Waals surface area contributed by atoms with Crippen LogP contribution in [0, 0.1) is 0 Å². The molecule has 0 aromatic heterocycles. The first-order valence-electron chi connectivity index (χ1n) is 7.94. The number of hydrogen-bond acceptors (Lipinski definition) is 4. The van der Waals surface area contributed by atoms with E-state index in [0.717, 1.165) is 0 Å². The van der Waals surface area contributed by atoms with Gasteiger partial charge in [-0.15, -0.1) is 0 Å². The van der Waals surface area contributed by atoms with Crippen molar-refractivity contribution in [2.75, 3.05) is 11.4 Å². The fourth-order valence-electron chi connectivity index (χ4n) is 2.40. The molecule has 132 valence electrons. The Morgan fingerprint density at radius 2 is 1.62 bits per heavy atom. The van der Waals surface area contributed by atoms with Crippen molar-refractivity contribution in [1.82, 2.24) is 0 Å². The summed E-state index contributed by atoms with van der Waals surface area (Å²) < 4.78 is 26.9. The molecule has 0 atom stereocenters. The van der Waals surface area contributed by atoms with Gasteiger partial charge in [-0.25, -0.2) is 8.42 Å². The summed E-state index contributed by atoms with van der Waals surface area (Å²) >= 11 is 0. The number of benzene rings is 3. The number of anilines is 1. The molecule has 6 heteroatoms. The van der Waals surface area contributed by atoms with E-state index < -0.39 is 10.0 Å². The Morgan fingerprint density at radius 3 is 2.35 bits per heavy atom. The SMILES string of the molecule is CN(c1ccccc1)S(=O)(=O)c1cccc(N=Cc2ccccc2O)c1. The summed E-state index contributed by atoms with van der Waals surface area (Å²) in [6.45, 7) is 0. The molecule has 3 aromatic carbocycles. The molecule has 0 amide bonds. The number of phenols is 1. The van der Waals surface area contributed by atoms with Crippen LogP contribution < -0.4 is 4.31 Å². The lowest BCUT2D eigenvalue weighted by Gasteiger charge is -2.19. The lowest BCUT2D eigenvalue weighted by Crippen LogP contribution is -2.26. The van der Waals surface area contributed by atoms with Crippen molar-refractivity contribution < 1.29 is 13.5 Å². The Bertz CT molecular complexity index is 1030. The molecule has 3 rings (SSSR count). The number of rotatable bonds is 5. The van der Waals surface area contributed by atoms with Gasteiger partial charge in [0.05, 0.1) is 16.3 Å². The monoisotopic (exact) mass is 366 g/mol. The third-order valence-electron chi connectivity index (χ3n) is 3.89. The maximum absolute atomic E-state index is 12.8. The standard InChI is InChI=1S/C20H18N2O3S/c1-22(18-10-3-2-4-11-18)26(24,25)19-12-7-9-17(14-19)21-15-16-8-5-6-13-20(16)23/h2-15,23H,1H3. The molecule has 0 spiro atoms. The van der Waals surface area contributed by atoms with Gasteiger partial charge in [0.15, 0.2) is 0 Å². The number of para-hydroxylation sites is 2. The molecule has 0 aliphatic heterocycles. The molecule has 0 aliphatic carbocycles. The lowest BCUT2D eigenvalue weighted by molar-refractivity contribution is 0.474. The average molecular weight is 366 g/mol. The Labute approximate surface area is 152 Å². The van der Waals surface area contributed by atoms with Gasteiger partial charge in [0, 0.05) is 18.8 Å². The summed E-state index contributed by atoms with van der Waals surface area (Å²) in [4.78, 5) is 4.42. The predicted molar refractivity (Wildman–Crippen MR) is 104 cm³/mol. The summed E-state index contributed by atoms with van der Waals surface area (Å²) in [5, 5.41) is 9.78. The summed E-state index contributed by atoms with van der Waals surface area (Å²) in [7, 11) is -2.18.